The van der Waals surface area contributed by atoms with Crippen molar-refractivity contribution in [1.82, 2.24) is 4.98 Å². The smallest absolute Gasteiger partial charge is 0.337 e. The van der Waals surface area contributed by atoms with Crippen LogP contribution in [0.15, 0.2) is 29.6 Å². The molecule has 0 aliphatic carbocycles. The fourth-order valence-corrected chi connectivity index (χ4v) is 2.40. The van der Waals surface area contributed by atoms with E-state index >= 15 is 0 Å². The predicted molar refractivity (Wildman–Crippen MR) is 68.3 cm³/mol. The van der Waals surface area contributed by atoms with Crippen LogP contribution in [0.25, 0.3) is 10.6 Å². The number of aryl methyl sites for hydroxylation is 1. The monoisotopic (exact) mass is 247 g/mol. The number of hydrogen-bond donors (Lipinski definition) is 0. The second-order valence-corrected chi connectivity index (χ2v) is 4.43. The number of nitrogens with zero attached hydrogens (tertiary/aromatic N) is 1. The Bertz CT molecular complexity index is 534. The molecular weight excluding hydrogens is 234 g/mol. The summed E-state index contributed by atoms with van der Waals surface area (Å²) in [6, 6.07) is 7.34. The van der Waals surface area contributed by atoms with Crippen molar-refractivity contribution in [2.24, 2.45) is 0 Å². The molecule has 0 atom stereocenters. The number of methoxy groups -OCH3 is 1. The minimum absolute atomic E-state index is 0.320. The molecule has 0 spiro atoms. The molecule has 0 bridgehead atoms. The lowest BCUT2D eigenvalue weighted by molar-refractivity contribution is 0.0601. The molecule has 1 heterocycles. The first kappa shape index (κ1) is 11.8. The number of carbonyl (C=O) groups is 1. The highest BCUT2D eigenvalue weighted by Gasteiger charge is 2.08. The van der Waals surface area contributed by atoms with E-state index in [0.717, 1.165) is 22.7 Å². The van der Waals surface area contributed by atoms with E-state index in [0.29, 0.717) is 5.56 Å². The second-order valence-electron chi connectivity index (χ2n) is 3.57. The summed E-state index contributed by atoms with van der Waals surface area (Å²) in [6.45, 7) is 2.07. The Morgan fingerprint density at radius 3 is 2.94 bits per heavy atom. The Balaban J connectivity index is 2.35. The van der Waals surface area contributed by atoms with Crippen molar-refractivity contribution in [1.29, 1.82) is 0 Å². The minimum Gasteiger partial charge on any atom is -0.465 e. The third kappa shape index (κ3) is 2.53. The molecule has 88 valence electrons. The third-order valence-corrected chi connectivity index (χ3v) is 3.38. The van der Waals surface area contributed by atoms with Gasteiger partial charge < -0.3 is 4.74 Å². The first-order chi connectivity index (χ1) is 8.24. The summed E-state index contributed by atoms with van der Waals surface area (Å²) < 4.78 is 4.70. The number of benzene rings is 1. The van der Waals surface area contributed by atoms with Gasteiger partial charge in [-0.25, -0.2) is 9.78 Å². The number of esters is 1. The fraction of sp³-hybridized carbons (Fsp3) is 0.231. The van der Waals surface area contributed by atoms with E-state index in [9.17, 15) is 4.79 Å². The quantitative estimate of drug-likeness (QED) is 0.782. The van der Waals surface area contributed by atoms with Gasteiger partial charge in [0.1, 0.15) is 5.01 Å². The normalized spacial score (nSPS) is 10.2. The Morgan fingerprint density at radius 1 is 1.47 bits per heavy atom. The molecule has 0 amide bonds. The van der Waals surface area contributed by atoms with Gasteiger partial charge in [-0.3, -0.25) is 0 Å². The summed E-state index contributed by atoms with van der Waals surface area (Å²) in [6.07, 6.45) is 0.924. The molecule has 0 aliphatic rings. The maximum atomic E-state index is 11.4. The summed E-state index contributed by atoms with van der Waals surface area (Å²) >= 11 is 1.59. The van der Waals surface area contributed by atoms with Crippen LogP contribution < -0.4 is 0 Å². The standard InChI is InChI=1S/C13H13NO2S/c1-3-11-8-17-12(14-11)9-5-4-6-10(7-9)13(15)16-2/h4-8H,3H2,1-2H3. The lowest BCUT2D eigenvalue weighted by Crippen LogP contribution is -2.00. The molecule has 1 aromatic heterocycles. The van der Waals surface area contributed by atoms with Gasteiger partial charge in [-0.15, -0.1) is 11.3 Å². The maximum Gasteiger partial charge on any atom is 0.337 e. The topological polar surface area (TPSA) is 39.2 Å². The molecule has 0 unspecified atom stereocenters. The largest absolute Gasteiger partial charge is 0.465 e. The Morgan fingerprint density at radius 2 is 2.29 bits per heavy atom. The van der Waals surface area contributed by atoms with Gasteiger partial charge in [0, 0.05) is 10.9 Å². The number of carbonyl (C=O) groups excluding carboxylic acids is 1. The number of thiazole rings is 1. The van der Waals surface area contributed by atoms with Gasteiger partial charge >= 0.3 is 5.97 Å². The molecule has 0 aliphatic heterocycles. The number of rotatable bonds is 3. The third-order valence-electron chi connectivity index (χ3n) is 2.44. The summed E-state index contributed by atoms with van der Waals surface area (Å²) in [5, 5.41) is 2.98. The van der Waals surface area contributed by atoms with Crippen molar-refractivity contribution in [3.05, 3.63) is 40.9 Å². The first-order valence-electron chi connectivity index (χ1n) is 5.37. The number of ether oxygens (including phenoxy) is 1. The zero-order valence-electron chi connectivity index (χ0n) is 9.77. The summed E-state index contributed by atoms with van der Waals surface area (Å²) in [7, 11) is 1.38. The highest BCUT2D eigenvalue weighted by Crippen LogP contribution is 2.24. The fourth-order valence-electron chi connectivity index (χ4n) is 1.50. The van der Waals surface area contributed by atoms with Gasteiger partial charge in [-0.2, -0.15) is 0 Å². The van der Waals surface area contributed by atoms with Crippen LogP contribution in [-0.4, -0.2) is 18.1 Å². The Hall–Kier alpha value is -1.68. The van der Waals surface area contributed by atoms with Crippen molar-refractivity contribution in [2.45, 2.75) is 13.3 Å². The molecule has 17 heavy (non-hydrogen) atoms. The SMILES string of the molecule is CCc1csc(-c2cccc(C(=O)OC)c2)n1. The summed E-state index contributed by atoms with van der Waals surface area (Å²) in [5.74, 6) is -0.320. The van der Waals surface area contributed by atoms with Crippen LogP contribution >= 0.6 is 11.3 Å². The van der Waals surface area contributed by atoms with E-state index in [1.165, 1.54) is 7.11 Å². The van der Waals surface area contributed by atoms with E-state index in [1.807, 2.05) is 23.6 Å². The minimum atomic E-state index is -0.320. The van der Waals surface area contributed by atoms with Crippen LogP contribution in [0, 0.1) is 0 Å². The average Bonchev–Trinajstić information content (AvgIpc) is 2.86. The maximum absolute atomic E-state index is 11.4. The number of hydrogen-bond acceptors (Lipinski definition) is 4. The van der Waals surface area contributed by atoms with Crippen molar-refractivity contribution < 1.29 is 9.53 Å². The van der Waals surface area contributed by atoms with Crippen molar-refractivity contribution >= 4 is 17.3 Å². The molecule has 0 saturated carbocycles. The zero-order valence-corrected chi connectivity index (χ0v) is 10.6. The highest BCUT2D eigenvalue weighted by atomic mass is 32.1. The van der Waals surface area contributed by atoms with Crippen LogP contribution in [0.2, 0.25) is 0 Å². The van der Waals surface area contributed by atoms with Gasteiger partial charge in [0.2, 0.25) is 0 Å². The Kier molecular flexibility index (Phi) is 3.54. The van der Waals surface area contributed by atoms with Gasteiger partial charge in [0.15, 0.2) is 0 Å². The van der Waals surface area contributed by atoms with E-state index in [4.69, 9.17) is 4.74 Å². The van der Waals surface area contributed by atoms with Gasteiger partial charge in [-0.05, 0) is 18.6 Å². The van der Waals surface area contributed by atoms with E-state index in [2.05, 4.69) is 11.9 Å². The van der Waals surface area contributed by atoms with E-state index < -0.39 is 0 Å². The molecule has 2 rings (SSSR count). The molecule has 0 fully saturated rings. The summed E-state index contributed by atoms with van der Waals surface area (Å²) in [5.41, 5.74) is 2.59. The average molecular weight is 247 g/mol. The van der Waals surface area contributed by atoms with Crippen LogP contribution in [0.1, 0.15) is 23.0 Å². The molecule has 2 aromatic rings. The summed E-state index contributed by atoms with van der Waals surface area (Å²) in [4.78, 5) is 15.9. The molecule has 0 radical (unpaired) electrons. The van der Waals surface area contributed by atoms with Crippen molar-refractivity contribution in [2.75, 3.05) is 7.11 Å². The molecule has 1 aromatic carbocycles. The van der Waals surface area contributed by atoms with E-state index in [-0.39, 0.29) is 5.97 Å². The van der Waals surface area contributed by atoms with Crippen LogP contribution in [0.5, 0.6) is 0 Å². The Labute approximate surface area is 104 Å². The highest BCUT2D eigenvalue weighted by molar-refractivity contribution is 7.13. The number of aromatic nitrogens is 1. The van der Waals surface area contributed by atoms with Crippen LogP contribution in [-0.2, 0) is 11.2 Å². The predicted octanol–water partition coefficient (Wildman–Crippen LogP) is 3.16. The molecule has 0 saturated heterocycles. The second kappa shape index (κ2) is 5.10. The molecule has 0 N–H and O–H groups in total. The lowest BCUT2D eigenvalue weighted by atomic mass is 10.1. The van der Waals surface area contributed by atoms with Gasteiger partial charge in [-0.1, -0.05) is 19.1 Å². The van der Waals surface area contributed by atoms with Gasteiger partial charge in [0.25, 0.3) is 0 Å². The molecule has 3 nitrogen and oxygen atoms in total. The molecule has 4 heteroatoms. The van der Waals surface area contributed by atoms with Crippen molar-refractivity contribution in [3.8, 4) is 10.6 Å². The zero-order chi connectivity index (χ0) is 12.3. The first-order valence-corrected chi connectivity index (χ1v) is 6.25. The van der Waals surface area contributed by atoms with Crippen molar-refractivity contribution in [3.63, 3.8) is 0 Å². The molecular formula is C13H13NO2S. The van der Waals surface area contributed by atoms with E-state index in [1.54, 1.807) is 17.4 Å². The lowest BCUT2D eigenvalue weighted by Gasteiger charge is -2.01. The van der Waals surface area contributed by atoms with Gasteiger partial charge in [0.05, 0.1) is 18.4 Å². The van der Waals surface area contributed by atoms with Crippen LogP contribution in [0.4, 0.5) is 0 Å². The van der Waals surface area contributed by atoms with Crippen LogP contribution in [0.3, 0.4) is 0 Å².